The smallest absolute Gasteiger partial charge is 0.220 e. The Hall–Kier alpha value is -1.75. The minimum atomic E-state index is 0.0907. The number of hydrogen-bond donors (Lipinski definition) is 2. The molecule has 2 N–H and O–H groups in total. The van der Waals surface area contributed by atoms with Gasteiger partial charge in [0.2, 0.25) is 5.91 Å². The zero-order valence-corrected chi connectivity index (χ0v) is 14.4. The van der Waals surface area contributed by atoms with Gasteiger partial charge in [-0.3, -0.25) is 4.79 Å². The third-order valence-electron chi connectivity index (χ3n) is 4.61. The van der Waals surface area contributed by atoms with E-state index in [1.165, 1.54) is 12.8 Å². The minimum absolute atomic E-state index is 0.0907. The highest BCUT2D eigenvalue weighted by Gasteiger charge is 2.22. The van der Waals surface area contributed by atoms with E-state index in [-0.39, 0.29) is 5.91 Å². The monoisotopic (exact) mass is 320 g/mol. The number of amides is 1. The first-order chi connectivity index (χ1) is 11.2. The van der Waals surface area contributed by atoms with Crippen molar-refractivity contribution in [1.82, 2.24) is 10.6 Å². The predicted molar refractivity (Wildman–Crippen MR) is 90.8 cm³/mol. The molecule has 2 unspecified atom stereocenters. The standard InChI is InChI=1S/C18H28N2O3/c1-13(14-7-5-9-19-11-14)10-17(21)20-12-15-6-4-8-16(22-2)18(15)23-3/h4,6,8,13-14,19H,5,7,9-12H2,1-3H3,(H,20,21). The Morgan fingerprint density at radius 3 is 2.87 bits per heavy atom. The molecule has 0 aromatic heterocycles. The highest BCUT2D eigenvalue weighted by Crippen LogP contribution is 2.30. The summed E-state index contributed by atoms with van der Waals surface area (Å²) >= 11 is 0. The van der Waals surface area contributed by atoms with Crippen LogP contribution in [0.3, 0.4) is 0 Å². The molecule has 1 saturated heterocycles. The fourth-order valence-corrected chi connectivity index (χ4v) is 3.18. The van der Waals surface area contributed by atoms with Crippen LogP contribution in [-0.4, -0.2) is 33.2 Å². The first kappa shape index (κ1) is 17.6. The average Bonchev–Trinajstić information content (AvgIpc) is 2.60. The summed E-state index contributed by atoms with van der Waals surface area (Å²) in [5, 5.41) is 6.41. The van der Waals surface area contributed by atoms with Gasteiger partial charge >= 0.3 is 0 Å². The summed E-state index contributed by atoms with van der Waals surface area (Å²) in [6, 6.07) is 5.69. The summed E-state index contributed by atoms with van der Waals surface area (Å²) in [4.78, 5) is 12.2. The number of ether oxygens (including phenoxy) is 2. The van der Waals surface area contributed by atoms with Gasteiger partial charge in [-0.05, 0) is 43.8 Å². The van der Waals surface area contributed by atoms with E-state index in [1.807, 2.05) is 18.2 Å². The summed E-state index contributed by atoms with van der Waals surface area (Å²) in [6.07, 6.45) is 2.99. The van der Waals surface area contributed by atoms with Crippen molar-refractivity contribution in [1.29, 1.82) is 0 Å². The lowest BCUT2D eigenvalue weighted by Crippen LogP contribution is -2.35. The minimum Gasteiger partial charge on any atom is -0.493 e. The maximum atomic E-state index is 12.2. The number of methoxy groups -OCH3 is 2. The maximum Gasteiger partial charge on any atom is 0.220 e. The van der Waals surface area contributed by atoms with Crippen molar-refractivity contribution < 1.29 is 14.3 Å². The van der Waals surface area contributed by atoms with E-state index < -0.39 is 0 Å². The molecule has 5 nitrogen and oxygen atoms in total. The van der Waals surface area contributed by atoms with Gasteiger partial charge in [0.25, 0.3) is 0 Å². The molecule has 1 amide bonds. The predicted octanol–water partition coefficient (Wildman–Crippen LogP) is 2.35. The summed E-state index contributed by atoms with van der Waals surface area (Å²) in [6.45, 7) is 4.75. The summed E-state index contributed by atoms with van der Waals surface area (Å²) in [5.74, 6) is 2.45. The molecule has 5 heteroatoms. The summed E-state index contributed by atoms with van der Waals surface area (Å²) < 4.78 is 10.7. The summed E-state index contributed by atoms with van der Waals surface area (Å²) in [7, 11) is 3.22. The average molecular weight is 320 g/mol. The van der Waals surface area contributed by atoms with Crippen LogP contribution in [-0.2, 0) is 11.3 Å². The van der Waals surface area contributed by atoms with Crippen LogP contribution in [0.25, 0.3) is 0 Å². The molecule has 0 saturated carbocycles. The largest absolute Gasteiger partial charge is 0.493 e. The van der Waals surface area contributed by atoms with Crippen LogP contribution in [0.5, 0.6) is 11.5 Å². The lowest BCUT2D eigenvalue weighted by Gasteiger charge is -2.28. The number of hydrogen-bond acceptors (Lipinski definition) is 4. The molecular weight excluding hydrogens is 292 g/mol. The number of carbonyl (C=O) groups excluding carboxylic acids is 1. The number of nitrogens with one attached hydrogen (secondary N) is 2. The van der Waals surface area contributed by atoms with Crippen LogP contribution in [0.15, 0.2) is 18.2 Å². The second-order valence-corrected chi connectivity index (χ2v) is 6.22. The van der Waals surface area contributed by atoms with Gasteiger partial charge in [0.1, 0.15) is 0 Å². The van der Waals surface area contributed by atoms with Crippen molar-refractivity contribution in [2.24, 2.45) is 11.8 Å². The topological polar surface area (TPSA) is 59.6 Å². The molecule has 2 rings (SSSR count). The van der Waals surface area contributed by atoms with Crippen molar-refractivity contribution in [3.8, 4) is 11.5 Å². The molecule has 23 heavy (non-hydrogen) atoms. The molecule has 1 aliphatic heterocycles. The third kappa shape index (κ3) is 4.86. The van der Waals surface area contributed by atoms with Gasteiger partial charge in [-0.25, -0.2) is 0 Å². The van der Waals surface area contributed by atoms with Crippen molar-refractivity contribution in [2.75, 3.05) is 27.3 Å². The molecule has 1 aliphatic rings. The number of piperidine rings is 1. The maximum absolute atomic E-state index is 12.2. The summed E-state index contributed by atoms with van der Waals surface area (Å²) in [5.41, 5.74) is 0.923. The first-order valence-electron chi connectivity index (χ1n) is 8.33. The van der Waals surface area contributed by atoms with Crippen LogP contribution >= 0.6 is 0 Å². The number of carbonyl (C=O) groups is 1. The van der Waals surface area contributed by atoms with Crippen molar-refractivity contribution >= 4 is 5.91 Å². The zero-order valence-electron chi connectivity index (χ0n) is 14.4. The van der Waals surface area contributed by atoms with Crippen molar-refractivity contribution in [3.05, 3.63) is 23.8 Å². The van der Waals surface area contributed by atoms with Gasteiger partial charge in [0.05, 0.1) is 14.2 Å². The highest BCUT2D eigenvalue weighted by molar-refractivity contribution is 5.76. The molecule has 0 radical (unpaired) electrons. The molecule has 1 aromatic rings. The lowest BCUT2D eigenvalue weighted by atomic mass is 9.85. The number of para-hydroxylation sites is 1. The van der Waals surface area contributed by atoms with Crippen LogP contribution in [0.1, 0.15) is 31.7 Å². The van der Waals surface area contributed by atoms with E-state index in [2.05, 4.69) is 17.6 Å². The van der Waals surface area contributed by atoms with Gasteiger partial charge in [0.15, 0.2) is 11.5 Å². The molecule has 128 valence electrons. The molecule has 1 fully saturated rings. The van der Waals surface area contributed by atoms with E-state index in [1.54, 1.807) is 14.2 Å². The molecule has 0 spiro atoms. The van der Waals surface area contributed by atoms with Gasteiger partial charge < -0.3 is 20.1 Å². The molecule has 2 atom stereocenters. The molecule has 1 aromatic carbocycles. The zero-order chi connectivity index (χ0) is 16.7. The van der Waals surface area contributed by atoms with E-state index in [9.17, 15) is 4.79 Å². The van der Waals surface area contributed by atoms with Crippen molar-refractivity contribution in [2.45, 2.75) is 32.7 Å². The molecule has 0 bridgehead atoms. The van der Waals surface area contributed by atoms with E-state index in [0.717, 1.165) is 18.7 Å². The number of benzene rings is 1. The second-order valence-electron chi connectivity index (χ2n) is 6.22. The Morgan fingerprint density at radius 2 is 2.22 bits per heavy atom. The Morgan fingerprint density at radius 1 is 1.39 bits per heavy atom. The van der Waals surface area contributed by atoms with E-state index in [0.29, 0.717) is 36.3 Å². The van der Waals surface area contributed by atoms with Crippen LogP contribution in [0, 0.1) is 11.8 Å². The fourth-order valence-electron chi connectivity index (χ4n) is 3.18. The molecule has 0 aliphatic carbocycles. The van der Waals surface area contributed by atoms with Gasteiger partial charge in [0, 0.05) is 18.5 Å². The van der Waals surface area contributed by atoms with Gasteiger partial charge in [-0.15, -0.1) is 0 Å². The SMILES string of the molecule is COc1cccc(CNC(=O)CC(C)C2CCCNC2)c1OC. The third-order valence-corrected chi connectivity index (χ3v) is 4.61. The molecule has 1 heterocycles. The molecular formula is C18H28N2O3. The normalized spacial score (nSPS) is 19.0. The van der Waals surface area contributed by atoms with E-state index >= 15 is 0 Å². The Balaban J connectivity index is 1.86. The lowest BCUT2D eigenvalue weighted by molar-refractivity contribution is -0.122. The van der Waals surface area contributed by atoms with E-state index in [4.69, 9.17) is 9.47 Å². The van der Waals surface area contributed by atoms with Gasteiger partial charge in [-0.2, -0.15) is 0 Å². The van der Waals surface area contributed by atoms with Crippen LogP contribution in [0.2, 0.25) is 0 Å². The Kier molecular flexibility index (Phi) is 6.71. The fraction of sp³-hybridized carbons (Fsp3) is 0.611. The second kappa shape index (κ2) is 8.77. The quantitative estimate of drug-likeness (QED) is 0.809. The highest BCUT2D eigenvalue weighted by atomic mass is 16.5. The first-order valence-corrected chi connectivity index (χ1v) is 8.33. The van der Waals surface area contributed by atoms with Gasteiger partial charge in [-0.1, -0.05) is 19.1 Å². The van der Waals surface area contributed by atoms with Crippen LogP contribution < -0.4 is 20.1 Å². The Bertz CT molecular complexity index is 513. The van der Waals surface area contributed by atoms with Crippen molar-refractivity contribution in [3.63, 3.8) is 0 Å². The van der Waals surface area contributed by atoms with Crippen LogP contribution in [0.4, 0.5) is 0 Å². The Labute approximate surface area is 138 Å². The number of rotatable bonds is 7.